The molecule has 0 aromatic rings. The van der Waals surface area contributed by atoms with Crippen LogP contribution in [-0.4, -0.2) is 5.38 Å². The topological polar surface area (TPSA) is 0 Å². The van der Waals surface area contributed by atoms with E-state index in [1.54, 1.807) is 0 Å². The molecule has 0 saturated carbocycles. The molecule has 0 rings (SSSR count). The van der Waals surface area contributed by atoms with Crippen molar-refractivity contribution in [3.8, 4) is 0 Å². The Kier molecular flexibility index (Phi) is 5.06. The summed E-state index contributed by atoms with van der Waals surface area (Å²) in [7, 11) is 0. The summed E-state index contributed by atoms with van der Waals surface area (Å²) < 4.78 is 0. The van der Waals surface area contributed by atoms with E-state index in [1.807, 2.05) is 6.92 Å². The maximum Gasteiger partial charge on any atom is 0.0398 e. The Hall–Kier alpha value is 0.0300. The minimum atomic E-state index is 0.247. The van der Waals surface area contributed by atoms with Gasteiger partial charge in [0.05, 0.1) is 0 Å². The number of alkyl halides is 1. The van der Waals surface area contributed by atoms with Gasteiger partial charge in [0.25, 0.3) is 0 Å². The molecule has 0 heterocycles. The molecular formula is C12H23Cl. The van der Waals surface area contributed by atoms with E-state index in [-0.39, 0.29) is 5.38 Å². The zero-order chi connectivity index (χ0) is 10.6. The summed E-state index contributed by atoms with van der Waals surface area (Å²) in [6.07, 6.45) is 2.12. The first-order valence-corrected chi connectivity index (χ1v) is 5.44. The summed E-state index contributed by atoms with van der Waals surface area (Å²) >= 11 is 6.27. The fraction of sp³-hybridized carbons (Fsp3) is 0.833. The van der Waals surface area contributed by atoms with Crippen LogP contribution in [0.1, 0.15) is 47.5 Å². The summed E-state index contributed by atoms with van der Waals surface area (Å²) in [5.74, 6) is 0.568. The van der Waals surface area contributed by atoms with Crippen molar-refractivity contribution >= 4 is 11.6 Å². The largest absolute Gasteiger partial charge is 0.122 e. The predicted molar refractivity (Wildman–Crippen MR) is 62.3 cm³/mol. The van der Waals surface area contributed by atoms with Crippen molar-refractivity contribution in [2.75, 3.05) is 0 Å². The highest BCUT2D eigenvalue weighted by Crippen LogP contribution is 2.30. The first kappa shape index (κ1) is 13.0. The van der Waals surface area contributed by atoms with E-state index in [1.165, 1.54) is 12.0 Å². The molecule has 2 atom stereocenters. The lowest BCUT2D eigenvalue weighted by atomic mass is 9.83. The van der Waals surface area contributed by atoms with E-state index in [4.69, 9.17) is 11.6 Å². The van der Waals surface area contributed by atoms with Gasteiger partial charge in [-0.05, 0) is 31.1 Å². The molecule has 0 bridgehead atoms. The van der Waals surface area contributed by atoms with Crippen LogP contribution in [0.4, 0.5) is 0 Å². The van der Waals surface area contributed by atoms with Gasteiger partial charge in [0, 0.05) is 5.38 Å². The number of allylic oxidation sites excluding steroid dienone is 1. The van der Waals surface area contributed by atoms with Gasteiger partial charge in [-0.15, -0.1) is 18.2 Å². The van der Waals surface area contributed by atoms with Crippen LogP contribution in [-0.2, 0) is 0 Å². The maximum absolute atomic E-state index is 6.27. The van der Waals surface area contributed by atoms with E-state index in [0.29, 0.717) is 11.3 Å². The van der Waals surface area contributed by atoms with Crippen LogP contribution < -0.4 is 0 Å². The molecule has 78 valence electrons. The Morgan fingerprint density at radius 1 is 1.38 bits per heavy atom. The summed E-state index contributed by atoms with van der Waals surface area (Å²) in [6, 6.07) is 0. The molecule has 0 aliphatic carbocycles. The lowest BCUT2D eigenvalue weighted by molar-refractivity contribution is 0.299. The van der Waals surface area contributed by atoms with Crippen LogP contribution in [0.3, 0.4) is 0 Å². The van der Waals surface area contributed by atoms with Gasteiger partial charge in [-0.3, -0.25) is 0 Å². The fourth-order valence-electron chi connectivity index (χ4n) is 1.63. The Balaban J connectivity index is 3.96. The number of hydrogen-bond acceptors (Lipinski definition) is 0. The quantitative estimate of drug-likeness (QED) is 0.461. The smallest absolute Gasteiger partial charge is 0.0398 e. The number of rotatable bonds is 4. The van der Waals surface area contributed by atoms with Gasteiger partial charge >= 0.3 is 0 Å². The van der Waals surface area contributed by atoms with Crippen LogP contribution in [0.5, 0.6) is 0 Å². The van der Waals surface area contributed by atoms with Crippen LogP contribution in [0.2, 0.25) is 0 Å². The highest BCUT2D eigenvalue weighted by atomic mass is 35.5. The Labute approximate surface area is 88.4 Å². The summed E-state index contributed by atoms with van der Waals surface area (Å²) in [5.41, 5.74) is 1.56. The number of hydrogen-bond donors (Lipinski definition) is 0. The van der Waals surface area contributed by atoms with Gasteiger partial charge in [-0.1, -0.05) is 33.3 Å². The van der Waals surface area contributed by atoms with Gasteiger partial charge in [-0.25, -0.2) is 0 Å². The zero-order valence-corrected chi connectivity index (χ0v) is 10.4. The Morgan fingerprint density at radius 3 is 2.15 bits per heavy atom. The molecule has 0 amide bonds. The summed E-state index contributed by atoms with van der Waals surface area (Å²) in [5, 5.41) is 0.247. The molecule has 0 aliphatic rings. The van der Waals surface area contributed by atoms with Crippen molar-refractivity contribution in [3.05, 3.63) is 12.2 Å². The standard InChI is InChI=1S/C12H23Cl/c1-9(2)7-11(13)10(3)8-12(4,5)6/h10-11H,1,7-8H2,2-6H3. The second-order valence-electron chi connectivity index (χ2n) is 5.42. The van der Waals surface area contributed by atoms with Crippen molar-refractivity contribution < 1.29 is 0 Å². The van der Waals surface area contributed by atoms with Crippen LogP contribution >= 0.6 is 11.6 Å². The highest BCUT2D eigenvalue weighted by molar-refractivity contribution is 6.20. The minimum absolute atomic E-state index is 0.247. The van der Waals surface area contributed by atoms with Crippen LogP contribution in [0.15, 0.2) is 12.2 Å². The fourth-order valence-corrected chi connectivity index (χ4v) is 1.98. The maximum atomic E-state index is 6.27. The van der Waals surface area contributed by atoms with E-state index < -0.39 is 0 Å². The average Bonchev–Trinajstić information content (AvgIpc) is 1.81. The average molecular weight is 203 g/mol. The second-order valence-corrected chi connectivity index (χ2v) is 5.98. The minimum Gasteiger partial charge on any atom is -0.122 e. The van der Waals surface area contributed by atoms with E-state index >= 15 is 0 Å². The van der Waals surface area contributed by atoms with Crippen LogP contribution in [0.25, 0.3) is 0 Å². The predicted octanol–water partition coefficient (Wildman–Crippen LogP) is 4.63. The van der Waals surface area contributed by atoms with E-state index in [9.17, 15) is 0 Å². The summed E-state index contributed by atoms with van der Waals surface area (Å²) in [6.45, 7) is 14.9. The van der Waals surface area contributed by atoms with Crippen molar-refractivity contribution in [1.82, 2.24) is 0 Å². The second kappa shape index (κ2) is 5.05. The third kappa shape index (κ3) is 7.13. The first-order chi connectivity index (χ1) is 5.72. The summed E-state index contributed by atoms with van der Waals surface area (Å²) in [4.78, 5) is 0. The third-order valence-corrected chi connectivity index (χ3v) is 2.68. The third-order valence-electron chi connectivity index (χ3n) is 2.10. The lowest BCUT2D eigenvalue weighted by Gasteiger charge is -2.26. The van der Waals surface area contributed by atoms with Crippen molar-refractivity contribution in [2.45, 2.75) is 52.8 Å². The molecule has 0 aromatic heterocycles. The Morgan fingerprint density at radius 2 is 1.85 bits per heavy atom. The monoisotopic (exact) mass is 202 g/mol. The molecule has 0 N–H and O–H groups in total. The van der Waals surface area contributed by atoms with Gasteiger partial charge in [0.15, 0.2) is 0 Å². The molecule has 0 fully saturated rings. The molecular weight excluding hydrogens is 180 g/mol. The molecule has 13 heavy (non-hydrogen) atoms. The van der Waals surface area contributed by atoms with Crippen molar-refractivity contribution in [2.24, 2.45) is 11.3 Å². The van der Waals surface area contributed by atoms with Crippen molar-refractivity contribution in [1.29, 1.82) is 0 Å². The molecule has 0 aromatic carbocycles. The van der Waals surface area contributed by atoms with Gasteiger partial charge in [-0.2, -0.15) is 0 Å². The molecule has 0 spiro atoms. The van der Waals surface area contributed by atoms with Gasteiger partial charge in [0.1, 0.15) is 0 Å². The Bertz CT molecular complexity index is 164. The van der Waals surface area contributed by atoms with Gasteiger partial charge in [0.2, 0.25) is 0 Å². The first-order valence-electron chi connectivity index (χ1n) is 5.01. The van der Waals surface area contributed by atoms with Crippen LogP contribution in [0, 0.1) is 11.3 Å². The number of halogens is 1. The van der Waals surface area contributed by atoms with E-state index in [0.717, 1.165) is 6.42 Å². The molecule has 0 radical (unpaired) electrons. The normalized spacial score (nSPS) is 16.8. The highest BCUT2D eigenvalue weighted by Gasteiger charge is 2.21. The van der Waals surface area contributed by atoms with Crippen molar-refractivity contribution in [3.63, 3.8) is 0 Å². The van der Waals surface area contributed by atoms with Gasteiger partial charge < -0.3 is 0 Å². The SMILES string of the molecule is C=C(C)CC(Cl)C(C)CC(C)(C)C. The molecule has 0 saturated heterocycles. The molecule has 2 unspecified atom stereocenters. The zero-order valence-electron chi connectivity index (χ0n) is 9.65. The lowest BCUT2D eigenvalue weighted by Crippen LogP contribution is -2.19. The molecule has 1 heteroatoms. The molecule has 0 aliphatic heterocycles. The molecule has 0 nitrogen and oxygen atoms in total. The van der Waals surface area contributed by atoms with E-state index in [2.05, 4.69) is 34.3 Å².